The van der Waals surface area contributed by atoms with Gasteiger partial charge in [-0.3, -0.25) is 0 Å². The van der Waals surface area contributed by atoms with E-state index >= 15 is 0 Å². The van der Waals surface area contributed by atoms with Crippen LogP contribution in [0.1, 0.15) is 25.5 Å². The van der Waals surface area contributed by atoms with Gasteiger partial charge in [-0.15, -0.1) is 0 Å². The van der Waals surface area contributed by atoms with E-state index < -0.39 is 10.0 Å². The lowest BCUT2D eigenvalue weighted by atomic mass is 10.1. The molecule has 0 saturated carbocycles. The van der Waals surface area contributed by atoms with Gasteiger partial charge >= 0.3 is 0 Å². The third-order valence-corrected chi connectivity index (χ3v) is 5.04. The topological polar surface area (TPSA) is 77.2 Å². The molecule has 1 aromatic heterocycles. The van der Waals surface area contributed by atoms with Crippen molar-refractivity contribution in [3.63, 3.8) is 0 Å². The van der Waals surface area contributed by atoms with Crippen molar-refractivity contribution in [3.8, 4) is 0 Å². The number of nitrogens with zero attached hydrogens (tertiary/aromatic N) is 1. The predicted molar refractivity (Wildman–Crippen MR) is 79.0 cm³/mol. The van der Waals surface area contributed by atoms with Gasteiger partial charge in [0.2, 0.25) is 10.0 Å². The Morgan fingerprint density at radius 3 is 3.00 bits per heavy atom. The molecular formula is C13H24N4O2S. The van der Waals surface area contributed by atoms with Gasteiger partial charge in [-0.05, 0) is 39.0 Å². The molecule has 114 valence electrons. The lowest BCUT2D eigenvalue weighted by molar-refractivity contribution is 0.242. The number of sulfonamides is 1. The lowest BCUT2D eigenvalue weighted by Crippen LogP contribution is -2.46. The molecule has 0 amide bonds. The minimum Gasteiger partial charge on any atom is -0.363 e. The molecule has 6 nitrogen and oxygen atoms in total. The highest BCUT2D eigenvalue weighted by molar-refractivity contribution is 7.89. The van der Waals surface area contributed by atoms with Crippen molar-refractivity contribution < 1.29 is 8.42 Å². The highest BCUT2D eigenvalue weighted by Gasteiger charge is 2.24. The van der Waals surface area contributed by atoms with Crippen LogP contribution in [0, 0.1) is 0 Å². The minimum atomic E-state index is -3.42. The number of hydrogen-bond acceptors (Lipinski definition) is 4. The van der Waals surface area contributed by atoms with E-state index in [1.54, 1.807) is 12.3 Å². The van der Waals surface area contributed by atoms with Crippen LogP contribution in [0.15, 0.2) is 17.2 Å². The highest BCUT2D eigenvalue weighted by Crippen LogP contribution is 2.14. The third kappa shape index (κ3) is 4.05. The van der Waals surface area contributed by atoms with E-state index in [-0.39, 0.29) is 6.04 Å². The van der Waals surface area contributed by atoms with Crippen molar-refractivity contribution in [1.82, 2.24) is 19.9 Å². The highest BCUT2D eigenvalue weighted by atomic mass is 32.2. The van der Waals surface area contributed by atoms with Gasteiger partial charge < -0.3 is 15.2 Å². The molecule has 0 radical (unpaired) electrons. The Morgan fingerprint density at radius 2 is 2.30 bits per heavy atom. The number of likely N-dealkylation sites (tertiary alicyclic amines) is 1. The Balaban J connectivity index is 2.00. The molecule has 1 aliphatic heterocycles. The summed E-state index contributed by atoms with van der Waals surface area (Å²) in [5.41, 5.74) is 0.882. The summed E-state index contributed by atoms with van der Waals surface area (Å²) in [6.45, 7) is 5.33. The minimum absolute atomic E-state index is 0.00543. The second-order valence-corrected chi connectivity index (χ2v) is 7.08. The van der Waals surface area contributed by atoms with Crippen molar-refractivity contribution in [2.45, 2.75) is 37.2 Å². The summed E-state index contributed by atoms with van der Waals surface area (Å²) in [7, 11) is -1.40. The van der Waals surface area contributed by atoms with Crippen LogP contribution >= 0.6 is 0 Å². The third-order valence-electron chi connectivity index (χ3n) is 3.54. The molecule has 0 aromatic carbocycles. The fraction of sp³-hybridized carbons (Fsp3) is 0.692. The van der Waals surface area contributed by atoms with E-state index in [0.29, 0.717) is 11.4 Å². The van der Waals surface area contributed by atoms with Crippen molar-refractivity contribution in [3.05, 3.63) is 18.0 Å². The van der Waals surface area contributed by atoms with Gasteiger partial charge in [-0.25, -0.2) is 13.1 Å². The van der Waals surface area contributed by atoms with E-state index in [1.165, 1.54) is 0 Å². The molecule has 1 saturated heterocycles. The Bertz CT molecular complexity index is 526. The monoisotopic (exact) mass is 300 g/mol. The molecule has 2 rings (SSSR count). The SMILES string of the molecule is CCNCc1cc(S(=O)(=O)NC2CCCN(C)C2)c[nH]1. The maximum absolute atomic E-state index is 12.3. The number of aromatic amines is 1. The Labute approximate surface area is 121 Å². The molecule has 20 heavy (non-hydrogen) atoms. The predicted octanol–water partition coefficient (Wildman–Crippen LogP) is 0.497. The standard InChI is InChI=1S/C13H24N4O2S/c1-3-14-8-12-7-13(9-15-12)20(18,19)16-11-5-4-6-17(2)10-11/h7,9,11,14-16H,3-6,8,10H2,1-2H3. The van der Waals surface area contributed by atoms with Crippen LogP contribution in [0.5, 0.6) is 0 Å². The second-order valence-electron chi connectivity index (χ2n) is 5.36. The number of hydrogen-bond donors (Lipinski definition) is 3. The largest absolute Gasteiger partial charge is 0.363 e. The number of rotatable bonds is 6. The van der Waals surface area contributed by atoms with Crippen molar-refractivity contribution >= 4 is 10.0 Å². The molecular weight excluding hydrogens is 276 g/mol. The summed E-state index contributed by atoms with van der Waals surface area (Å²) in [6, 6.07) is 1.70. The summed E-state index contributed by atoms with van der Waals surface area (Å²) in [5.74, 6) is 0. The van der Waals surface area contributed by atoms with Crippen LogP contribution < -0.4 is 10.0 Å². The van der Waals surface area contributed by atoms with Gasteiger partial charge in [-0.1, -0.05) is 6.92 Å². The normalized spacial score (nSPS) is 21.2. The van der Waals surface area contributed by atoms with Crippen LogP contribution in [0.2, 0.25) is 0 Å². The van der Waals surface area contributed by atoms with Gasteiger partial charge in [0.1, 0.15) is 0 Å². The van der Waals surface area contributed by atoms with Gasteiger partial charge in [0.05, 0.1) is 4.90 Å². The Morgan fingerprint density at radius 1 is 1.50 bits per heavy atom. The number of likely N-dealkylation sites (N-methyl/N-ethyl adjacent to an activating group) is 1. The van der Waals surface area contributed by atoms with Crippen LogP contribution in [-0.2, 0) is 16.6 Å². The molecule has 0 aliphatic carbocycles. The van der Waals surface area contributed by atoms with E-state index in [2.05, 4.69) is 19.9 Å². The molecule has 2 heterocycles. The number of piperidine rings is 1. The molecule has 1 aliphatic rings. The molecule has 7 heteroatoms. The quantitative estimate of drug-likeness (QED) is 0.715. The smallest absolute Gasteiger partial charge is 0.242 e. The van der Waals surface area contributed by atoms with Crippen molar-refractivity contribution in [2.24, 2.45) is 0 Å². The van der Waals surface area contributed by atoms with Crippen LogP contribution in [-0.4, -0.2) is 51.0 Å². The number of nitrogens with one attached hydrogen (secondary N) is 3. The van der Waals surface area contributed by atoms with E-state index in [1.807, 2.05) is 14.0 Å². The van der Waals surface area contributed by atoms with Crippen LogP contribution in [0.4, 0.5) is 0 Å². The number of H-pyrrole nitrogens is 1. The average Bonchev–Trinajstić information content (AvgIpc) is 2.85. The van der Waals surface area contributed by atoms with Crippen LogP contribution in [0.3, 0.4) is 0 Å². The first-order valence-electron chi connectivity index (χ1n) is 7.10. The first kappa shape index (κ1) is 15.5. The summed E-state index contributed by atoms with van der Waals surface area (Å²) < 4.78 is 27.4. The zero-order valence-corrected chi connectivity index (χ0v) is 13.0. The molecule has 1 fully saturated rings. The van der Waals surface area contributed by atoms with Crippen LogP contribution in [0.25, 0.3) is 0 Å². The number of aromatic nitrogens is 1. The lowest BCUT2D eigenvalue weighted by Gasteiger charge is -2.29. The first-order valence-corrected chi connectivity index (χ1v) is 8.58. The van der Waals surface area contributed by atoms with Gasteiger partial charge in [0.25, 0.3) is 0 Å². The zero-order valence-electron chi connectivity index (χ0n) is 12.1. The van der Waals surface area contributed by atoms with E-state index in [4.69, 9.17) is 0 Å². The van der Waals surface area contributed by atoms with Crippen molar-refractivity contribution in [1.29, 1.82) is 0 Å². The fourth-order valence-electron chi connectivity index (χ4n) is 2.49. The van der Waals surface area contributed by atoms with Crippen molar-refractivity contribution in [2.75, 3.05) is 26.7 Å². The van der Waals surface area contributed by atoms with E-state index in [0.717, 1.165) is 38.2 Å². The maximum atomic E-state index is 12.3. The van der Waals surface area contributed by atoms with Gasteiger partial charge in [-0.2, -0.15) is 0 Å². The summed E-state index contributed by atoms with van der Waals surface area (Å²) in [6.07, 6.45) is 3.49. The molecule has 1 unspecified atom stereocenters. The molecule has 0 spiro atoms. The van der Waals surface area contributed by atoms with Gasteiger partial charge in [0.15, 0.2) is 0 Å². The molecule has 0 bridgehead atoms. The summed E-state index contributed by atoms with van der Waals surface area (Å²) in [4.78, 5) is 5.48. The summed E-state index contributed by atoms with van der Waals surface area (Å²) in [5, 5.41) is 3.16. The Kier molecular flexibility index (Phi) is 5.20. The molecule has 1 aromatic rings. The molecule has 3 N–H and O–H groups in total. The average molecular weight is 300 g/mol. The second kappa shape index (κ2) is 6.71. The van der Waals surface area contributed by atoms with Gasteiger partial charge in [0, 0.05) is 31.0 Å². The Hall–Kier alpha value is -0.890. The summed E-state index contributed by atoms with van der Waals surface area (Å²) >= 11 is 0. The zero-order chi connectivity index (χ0) is 14.6. The fourth-order valence-corrected chi connectivity index (χ4v) is 3.76. The first-order chi connectivity index (χ1) is 9.51. The van der Waals surface area contributed by atoms with E-state index in [9.17, 15) is 8.42 Å². The maximum Gasteiger partial charge on any atom is 0.242 e. The molecule has 1 atom stereocenters.